The number of ether oxygens (including phenoxy) is 2. The number of methoxy groups -OCH3 is 1. The fourth-order valence-corrected chi connectivity index (χ4v) is 4.81. The van der Waals surface area contributed by atoms with Gasteiger partial charge in [0.15, 0.2) is 0 Å². The molecule has 2 heterocycles. The van der Waals surface area contributed by atoms with E-state index < -0.39 is 6.04 Å². The highest BCUT2D eigenvalue weighted by Crippen LogP contribution is 2.45. The number of carbonyl (C=O) groups is 2. The van der Waals surface area contributed by atoms with Gasteiger partial charge in [0.2, 0.25) is 11.8 Å². The third kappa shape index (κ3) is 4.30. The largest absolute Gasteiger partial charge is 0.496 e. The Balaban J connectivity index is 1.74. The molecule has 1 fully saturated rings. The molecule has 3 rings (SSSR count). The van der Waals surface area contributed by atoms with Gasteiger partial charge in [-0.25, -0.2) is 0 Å². The van der Waals surface area contributed by atoms with Gasteiger partial charge < -0.3 is 19.7 Å². The fourth-order valence-electron chi connectivity index (χ4n) is 4.34. The van der Waals surface area contributed by atoms with Crippen molar-refractivity contribution in [3.05, 3.63) is 29.3 Å². The lowest BCUT2D eigenvalue weighted by molar-refractivity contribution is -0.144. The molecular weight excluding hydrogens is 376 g/mol. The molecule has 1 atom stereocenters. The number of likely N-dealkylation sites (tertiary alicyclic amines) is 1. The van der Waals surface area contributed by atoms with E-state index in [9.17, 15) is 9.59 Å². The first kappa shape index (κ1) is 21.0. The van der Waals surface area contributed by atoms with Gasteiger partial charge in [0.25, 0.3) is 0 Å². The number of benzene rings is 1. The SMILES string of the molecule is COc1cccc2c1C1(CCN(C(=O)[C@H](CCSC)NC(C)=O)CC1)OCC2. The third-order valence-electron chi connectivity index (χ3n) is 5.71. The van der Waals surface area contributed by atoms with Crippen molar-refractivity contribution in [2.45, 2.75) is 44.2 Å². The van der Waals surface area contributed by atoms with Crippen LogP contribution >= 0.6 is 11.8 Å². The van der Waals surface area contributed by atoms with E-state index in [1.807, 2.05) is 23.3 Å². The number of fused-ring (bicyclic) bond motifs is 2. The number of rotatable bonds is 6. The lowest BCUT2D eigenvalue weighted by Crippen LogP contribution is -2.54. The van der Waals surface area contributed by atoms with Gasteiger partial charge in [0, 0.05) is 25.6 Å². The average molecular weight is 407 g/mol. The number of thioether (sulfide) groups is 1. The van der Waals surface area contributed by atoms with Gasteiger partial charge in [-0.15, -0.1) is 0 Å². The number of carbonyl (C=O) groups excluding carboxylic acids is 2. The van der Waals surface area contributed by atoms with Crippen molar-refractivity contribution >= 4 is 23.6 Å². The first-order valence-corrected chi connectivity index (χ1v) is 11.3. The van der Waals surface area contributed by atoms with E-state index in [1.165, 1.54) is 12.5 Å². The average Bonchev–Trinajstić information content (AvgIpc) is 2.70. The maximum absolute atomic E-state index is 13.0. The number of nitrogens with one attached hydrogen (secondary N) is 1. The second-order valence-electron chi connectivity index (χ2n) is 7.45. The van der Waals surface area contributed by atoms with Crippen LogP contribution in [0.15, 0.2) is 18.2 Å². The molecule has 0 aromatic heterocycles. The van der Waals surface area contributed by atoms with E-state index in [4.69, 9.17) is 9.47 Å². The predicted molar refractivity (Wildman–Crippen MR) is 111 cm³/mol. The molecule has 1 N–H and O–H groups in total. The van der Waals surface area contributed by atoms with Crippen molar-refractivity contribution in [1.82, 2.24) is 10.2 Å². The van der Waals surface area contributed by atoms with Crippen LogP contribution in [0, 0.1) is 0 Å². The normalized spacial score (nSPS) is 19.0. The zero-order valence-electron chi connectivity index (χ0n) is 17.0. The van der Waals surface area contributed by atoms with Crippen LogP contribution < -0.4 is 10.1 Å². The number of hydrogen-bond donors (Lipinski definition) is 1. The van der Waals surface area contributed by atoms with Crippen LogP contribution in [0.4, 0.5) is 0 Å². The van der Waals surface area contributed by atoms with Gasteiger partial charge in [-0.2, -0.15) is 11.8 Å². The van der Waals surface area contributed by atoms with Gasteiger partial charge in [0.1, 0.15) is 17.4 Å². The Kier molecular flexibility index (Phi) is 6.88. The summed E-state index contributed by atoms with van der Waals surface area (Å²) in [5.74, 6) is 1.55. The molecule has 0 radical (unpaired) electrons. The molecule has 1 spiro atoms. The lowest BCUT2D eigenvalue weighted by atomic mass is 9.78. The van der Waals surface area contributed by atoms with Crippen LogP contribution in [0.25, 0.3) is 0 Å². The number of hydrogen-bond acceptors (Lipinski definition) is 5. The van der Waals surface area contributed by atoms with Gasteiger partial charge in [-0.05, 0) is 49.3 Å². The molecule has 0 saturated carbocycles. The van der Waals surface area contributed by atoms with Gasteiger partial charge in [-0.3, -0.25) is 9.59 Å². The van der Waals surface area contributed by atoms with Crippen molar-refractivity contribution in [1.29, 1.82) is 0 Å². The Morgan fingerprint density at radius 2 is 2.11 bits per heavy atom. The summed E-state index contributed by atoms with van der Waals surface area (Å²) >= 11 is 1.68. The van der Waals surface area contributed by atoms with Crippen LogP contribution in [0.5, 0.6) is 5.75 Å². The van der Waals surface area contributed by atoms with Gasteiger partial charge >= 0.3 is 0 Å². The van der Waals surface area contributed by atoms with Gasteiger partial charge in [-0.1, -0.05) is 12.1 Å². The highest BCUT2D eigenvalue weighted by molar-refractivity contribution is 7.98. The minimum atomic E-state index is -0.451. The Hall–Kier alpha value is -1.73. The van der Waals surface area contributed by atoms with Crippen molar-refractivity contribution in [3.63, 3.8) is 0 Å². The molecule has 6 nitrogen and oxygen atoms in total. The minimum absolute atomic E-state index is 0.00941. The van der Waals surface area contributed by atoms with Crippen LogP contribution in [0.3, 0.4) is 0 Å². The van der Waals surface area contributed by atoms with Crippen LogP contribution in [0.1, 0.15) is 37.3 Å². The standard InChI is InChI=1S/C21H30N2O4S/c1-15(24)22-17(8-14-28-3)20(25)23-11-9-21(10-12-23)19-16(7-13-27-21)5-4-6-18(19)26-2/h4-6,17H,7-14H2,1-3H3,(H,22,24)/t17-/m0/s1. The Morgan fingerprint density at radius 1 is 1.36 bits per heavy atom. The number of amides is 2. The van der Waals surface area contributed by atoms with E-state index in [1.54, 1.807) is 18.9 Å². The first-order valence-electron chi connectivity index (χ1n) is 9.86. The topological polar surface area (TPSA) is 67.9 Å². The van der Waals surface area contributed by atoms with Crippen LogP contribution in [-0.4, -0.2) is 61.6 Å². The summed E-state index contributed by atoms with van der Waals surface area (Å²) in [6, 6.07) is 5.71. The van der Waals surface area contributed by atoms with Crippen LogP contribution in [-0.2, 0) is 26.3 Å². The molecule has 1 saturated heterocycles. The molecule has 1 aromatic carbocycles. The molecule has 2 aliphatic heterocycles. The maximum atomic E-state index is 13.0. The molecule has 2 aliphatic rings. The molecule has 7 heteroatoms. The second-order valence-corrected chi connectivity index (χ2v) is 8.43. The highest BCUT2D eigenvalue weighted by atomic mass is 32.2. The van der Waals surface area contributed by atoms with Gasteiger partial charge in [0.05, 0.1) is 13.7 Å². The van der Waals surface area contributed by atoms with Crippen molar-refractivity contribution in [2.75, 3.05) is 38.8 Å². The molecule has 0 bridgehead atoms. The summed E-state index contributed by atoms with van der Waals surface area (Å²) in [7, 11) is 1.69. The van der Waals surface area contributed by atoms with Crippen molar-refractivity contribution < 1.29 is 19.1 Å². The van der Waals surface area contributed by atoms with Crippen molar-refractivity contribution in [3.8, 4) is 5.75 Å². The molecule has 28 heavy (non-hydrogen) atoms. The Bertz CT molecular complexity index is 702. The fraction of sp³-hybridized carbons (Fsp3) is 0.619. The Labute approximate surface area is 171 Å². The quantitative estimate of drug-likeness (QED) is 0.785. The molecule has 154 valence electrons. The van der Waals surface area contributed by atoms with E-state index in [0.717, 1.165) is 36.3 Å². The summed E-state index contributed by atoms with van der Waals surface area (Å²) in [5, 5.41) is 2.82. The molecule has 1 aromatic rings. The van der Waals surface area contributed by atoms with E-state index >= 15 is 0 Å². The minimum Gasteiger partial charge on any atom is -0.496 e. The predicted octanol–water partition coefficient (Wildman–Crippen LogP) is 2.34. The molecule has 0 unspecified atom stereocenters. The molecule has 0 aliphatic carbocycles. The van der Waals surface area contributed by atoms with E-state index in [2.05, 4.69) is 11.4 Å². The molecule has 2 amide bonds. The zero-order chi connectivity index (χ0) is 20.1. The summed E-state index contributed by atoms with van der Waals surface area (Å²) < 4.78 is 11.9. The lowest BCUT2D eigenvalue weighted by Gasteiger charge is -2.46. The first-order chi connectivity index (χ1) is 13.5. The highest BCUT2D eigenvalue weighted by Gasteiger charge is 2.44. The zero-order valence-corrected chi connectivity index (χ0v) is 17.8. The summed E-state index contributed by atoms with van der Waals surface area (Å²) in [4.78, 5) is 26.4. The summed E-state index contributed by atoms with van der Waals surface area (Å²) in [6.45, 7) is 3.39. The monoisotopic (exact) mass is 406 g/mol. The second kappa shape index (κ2) is 9.18. The van der Waals surface area contributed by atoms with E-state index in [0.29, 0.717) is 26.1 Å². The third-order valence-corrected chi connectivity index (χ3v) is 6.35. The maximum Gasteiger partial charge on any atom is 0.245 e. The molecular formula is C21H30N2O4S. The number of nitrogens with zero attached hydrogens (tertiary/aromatic N) is 1. The van der Waals surface area contributed by atoms with Crippen molar-refractivity contribution in [2.24, 2.45) is 0 Å². The summed E-state index contributed by atoms with van der Waals surface area (Å²) in [6.07, 6.45) is 5.01. The number of piperidine rings is 1. The summed E-state index contributed by atoms with van der Waals surface area (Å²) in [5.41, 5.74) is 2.04. The van der Waals surface area contributed by atoms with E-state index in [-0.39, 0.29) is 17.4 Å². The Morgan fingerprint density at radius 3 is 2.75 bits per heavy atom. The van der Waals surface area contributed by atoms with Crippen LogP contribution in [0.2, 0.25) is 0 Å². The smallest absolute Gasteiger partial charge is 0.245 e.